The molecule has 0 spiro atoms. The number of aromatic nitrogens is 5. The first-order valence-electron chi connectivity index (χ1n) is 8.77. The second-order valence-electron chi connectivity index (χ2n) is 6.13. The summed E-state index contributed by atoms with van der Waals surface area (Å²) in [5.41, 5.74) is 1.89. The third kappa shape index (κ3) is 3.63. The predicted molar refractivity (Wildman–Crippen MR) is 107 cm³/mol. The SMILES string of the molecule is COc1cccc(-c2nnc(SC(C)c3nnc(C)o3)n2-c2ccccc2)c1. The molecule has 2 heterocycles. The number of hydrogen-bond donors (Lipinski definition) is 0. The lowest BCUT2D eigenvalue weighted by Crippen LogP contribution is -2.01. The Balaban J connectivity index is 1.77. The summed E-state index contributed by atoms with van der Waals surface area (Å²) in [5.74, 6) is 2.61. The monoisotopic (exact) mass is 393 g/mol. The largest absolute Gasteiger partial charge is 0.497 e. The van der Waals surface area contributed by atoms with Crippen molar-refractivity contribution < 1.29 is 9.15 Å². The number of benzene rings is 2. The molecule has 4 aromatic rings. The Hall–Kier alpha value is -3.13. The lowest BCUT2D eigenvalue weighted by molar-refractivity contribution is 0.415. The smallest absolute Gasteiger partial charge is 0.229 e. The van der Waals surface area contributed by atoms with Gasteiger partial charge >= 0.3 is 0 Å². The van der Waals surface area contributed by atoms with Gasteiger partial charge in [-0.25, -0.2) is 0 Å². The van der Waals surface area contributed by atoms with E-state index >= 15 is 0 Å². The van der Waals surface area contributed by atoms with E-state index in [1.165, 1.54) is 11.8 Å². The van der Waals surface area contributed by atoms with Gasteiger partial charge in [0.05, 0.1) is 12.4 Å². The van der Waals surface area contributed by atoms with Crippen LogP contribution in [0.1, 0.15) is 24.0 Å². The van der Waals surface area contributed by atoms with E-state index in [0.717, 1.165) is 28.0 Å². The molecule has 1 unspecified atom stereocenters. The van der Waals surface area contributed by atoms with E-state index in [1.54, 1.807) is 14.0 Å². The summed E-state index contributed by atoms with van der Waals surface area (Å²) in [4.78, 5) is 0. The molecule has 0 fully saturated rings. The van der Waals surface area contributed by atoms with Gasteiger partial charge in [-0.05, 0) is 31.2 Å². The van der Waals surface area contributed by atoms with E-state index in [2.05, 4.69) is 20.4 Å². The maximum Gasteiger partial charge on any atom is 0.229 e. The van der Waals surface area contributed by atoms with Crippen molar-refractivity contribution in [2.45, 2.75) is 24.3 Å². The zero-order valence-corrected chi connectivity index (χ0v) is 16.6. The van der Waals surface area contributed by atoms with Crippen molar-refractivity contribution >= 4 is 11.8 Å². The van der Waals surface area contributed by atoms with E-state index in [1.807, 2.05) is 66.1 Å². The van der Waals surface area contributed by atoms with E-state index in [9.17, 15) is 0 Å². The number of rotatable bonds is 6. The van der Waals surface area contributed by atoms with Crippen molar-refractivity contribution in [3.05, 3.63) is 66.4 Å². The molecule has 7 nitrogen and oxygen atoms in total. The molecular formula is C20H19N5O2S. The molecule has 0 amide bonds. The molecule has 0 aliphatic carbocycles. The van der Waals surface area contributed by atoms with Crippen LogP contribution in [0.25, 0.3) is 17.1 Å². The average molecular weight is 393 g/mol. The molecule has 4 rings (SSSR count). The molecule has 2 aromatic heterocycles. The van der Waals surface area contributed by atoms with Crippen molar-refractivity contribution in [2.24, 2.45) is 0 Å². The molecule has 0 bridgehead atoms. The van der Waals surface area contributed by atoms with Crippen LogP contribution < -0.4 is 4.74 Å². The predicted octanol–water partition coefficient (Wildman–Crippen LogP) is 4.49. The highest BCUT2D eigenvalue weighted by molar-refractivity contribution is 7.99. The van der Waals surface area contributed by atoms with E-state index in [4.69, 9.17) is 9.15 Å². The standard InChI is InChI=1S/C20H19N5O2S/c1-13(19-23-21-14(2)27-19)28-20-24-22-18(15-8-7-11-17(12-15)26-3)25(20)16-9-5-4-6-10-16/h4-13H,1-3H3. The molecular weight excluding hydrogens is 374 g/mol. The molecule has 0 saturated heterocycles. The zero-order valence-electron chi connectivity index (χ0n) is 15.7. The van der Waals surface area contributed by atoms with Crippen LogP contribution in [0.3, 0.4) is 0 Å². The van der Waals surface area contributed by atoms with Gasteiger partial charge in [0.25, 0.3) is 0 Å². The number of para-hydroxylation sites is 1. The summed E-state index contributed by atoms with van der Waals surface area (Å²) in [6.07, 6.45) is 0. The number of aryl methyl sites for hydroxylation is 1. The van der Waals surface area contributed by atoms with E-state index < -0.39 is 0 Å². The van der Waals surface area contributed by atoms with Crippen LogP contribution in [0.2, 0.25) is 0 Å². The van der Waals surface area contributed by atoms with Gasteiger partial charge in [-0.1, -0.05) is 42.1 Å². The molecule has 2 aromatic carbocycles. The maximum atomic E-state index is 5.57. The Bertz CT molecular complexity index is 1080. The van der Waals surface area contributed by atoms with Gasteiger partial charge in [-0.2, -0.15) is 0 Å². The van der Waals surface area contributed by atoms with Crippen LogP contribution in [0.4, 0.5) is 0 Å². The summed E-state index contributed by atoms with van der Waals surface area (Å²) in [7, 11) is 1.65. The number of thioether (sulfide) groups is 1. The second-order valence-corrected chi connectivity index (χ2v) is 7.44. The number of methoxy groups -OCH3 is 1. The van der Waals surface area contributed by atoms with Crippen LogP contribution >= 0.6 is 11.8 Å². The number of ether oxygens (including phenoxy) is 1. The van der Waals surface area contributed by atoms with E-state index in [0.29, 0.717) is 11.8 Å². The normalized spacial score (nSPS) is 12.1. The summed E-state index contributed by atoms with van der Waals surface area (Å²) in [6, 6.07) is 17.8. The lowest BCUT2D eigenvalue weighted by Gasteiger charge is -2.12. The van der Waals surface area contributed by atoms with Gasteiger partial charge in [-0.15, -0.1) is 20.4 Å². The Morgan fingerprint density at radius 2 is 1.82 bits per heavy atom. The van der Waals surface area contributed by atoms with E-state index in [-0.39, 0.29) is 5.25 Å². The second kappa shape index (κ2) is 7.85. The highest BCUT2D eigenvalue weighted by atomic mass is 32.2. The molecule has 1 atom stereocenters. The lowest BCUT2D eigenvalue weighted by atomic mass is 10.2. The van der Waals surface area contributed by atoms with Gasteiger partial charge in [0.2, 0.25) is 11.8 Å². The van der Waals surface area contributed by atoms with Crippen molar-refractivity contribution in [1.82, 2.24) is 25.0 Å². The Morgan fingerprint density at radius 1 is 1.00 bits per heavy atom. The molecule has 0 radical (unpaired) electrons. The molecule has 0 N–H and O–H groups in total. The van der Waals surface area contributed by atoms with Crippen LogP contribution in [0.15, 0.2) is 64.2 Å². The quantitative estimate of drug-likeness (QED) is 0.447. The minimum atomic E-state index is -0.0639. The molecule has 0 saturated carbocycles. The van der Waals surface area contributed by atoms with Crippen molar-refractivity contribution in [3.8, 4) is 22.8 Å². The Labute approximate surface area is 166 Å². The minimum absolute atomic E-state index is 0.0639. The van der Waals surface area contributed by atoms with Crippen LogP contribution in [0.5, 0.6) is 5.75 Å². The summed E-state index contributed by atoms with van der Waals surface area (Å²) < 4.78 is 13.0. The van der Waals surface area contributed by atoms with Crippen LogP contribution in [-0.2, 0) is 0 Å². The molecule has 8 heteroatoms. The van der Waals surface area contributed by atoms with Gasteiger partial charge in [0.1, 0.15) is 5.75 Å². The fourth-order valence-corrected chi connectivity index (χ4v) is 3.69. The summed E-state index contributed by atoms with van der Waals surface area (Å²) in [6.45, 7) is 3.79. The average Bonchev–Trinajstić information content (AvgIpc) is 3.35. The Kier molecular flexibility index (Phi) is 5.12. The van der Waals surface area contributed by atoms with Crippen molar-refractivity contribution in [2.75, 3.05) is 7.11 Å². The minimum Gasteiger partial charge on any atom is -0.497 e. The third-order valence-electron chi connectivity index (χ3n) is 4.15. The fraction of sp³-hybridized carbons (Fsp3) is 0.200. The van der Waals surface area contributed by atoms with Crippen LogP contribution in [0, 0.1) is 6.92 Å². The van der Waals surface area contributed by atoms with Crippen molar-refractivity contribution in [3.63, 3.8) is 0 Å². The molecule has 0 aliphatic rings. The number of nitrogens with zero attached hydrogens (tertiary/aromatic N) is 5. The third-order valence-corrected chi connectivity index (χ3v) is 5.18. The highest BCUT2D eigenvalue weighted by Gasteiger charge is 2.21. The first kappa shape index (κ1) is 18.2. The van der Waals surface area contributed by atoms with Gasteiger partial charge in [-0.3, -0.25) is 4.57 Å². The topological polar surface area (TPSA) is 78.9 Å². The van der Waals surface area contributed by atoms with Gasteiger partial charge in [0.15, 0.2) is 11.0 Å². The maximum absolute atomic E-state index is 5.57. The van der Waals surface area contributed by atoms with Crippen LogP contribution in [-0.4, -0.2) is 32.1 Å². The van der Waals surface area contributed by atoms with Gasteiger partial charge < -0.3 is 9.15 Å². The Morgan fingerprint density at radius 3 is 2.54 bits per heavy atom. The zero-order chi connectivity index (χ0) is 19.5. The summed E-state index contributed by atoms with van der Waals surface area (Å²) >= 11 is 1.52. The molecule has 0 aliphatic heterocycles. The first-order chi connectivity index (χ1) is 13.7. The van der Waals surface area contributed by atoms with Gasteiger partial charge in [0, 0.05) is 18.2 Å². The number of hydrogen-bond acceptors (Lipinski definition) is 7. The molecule has 142 valence electrons. The fourth-order valence-electron chi connectivity index (χ4n) is 2.79. The first-order valence-corrected chi connectivity index (χ1v) is 9.65. The molecule has 28 heavy (non-hydrogen) atoms. The highest BCUT2D eigenvalue weighted by Crippen LogP contribution is 2.36. The van der Waals surface area contributed by atoms with Crippen molar-refractivity contribution in [1.29, 1.82) is 0 Å². The summed E-state index contributed by atoms with van der Waals surface area (Å²) in [5, 5.41) is 17.6.